The molecule has 0 amide bonds. The summed E-state index contributed by atoms with van der Waals surface area (Å²) in [6, 6.07) is 0. The smallest absolute Gasteiger partial charge is 0.240 e. The molecular formula is C5H10ClFO2S. The standard InChI is InChI=1S/C5H10ClFO2S/c1-4(7)5(2,3)10(6,8)9/h4H,1-3H3. The molecule has 0 aliphatic heterocycles. The number of hydrogen-bond acceptors (Lipinski definition) is 2. The zero-order chi connectivity index (χ0) is 8.58. The number of rotatable bonds is 2. The second-order valence-corrected chi connectivity index (χ2v) is 5.80. The molecule has 2 nitrogen and oxygen atoms in total. The fraction of sp³-hybridized carbons (Fsp3) is 1.00. The van der Waals surface area contributed by atoms with E-state index in [0.29, 0.717) is 0 Å². The van der Waals surface area contributed by atoms with E-state index < -0.39 is 20.0 Å². The predicted molar refractivity (Wildman–Crippen MR) is 39.4 cm³/mol. The summed E-state index contributed by atoms with van der Waals surface area (Å²) in [5.74, 6) is 0. The highest BCUT2D eigenvalue weighted by Gasteiger charge is 2.38. The van der Waals surface area contributed by atoms with E-state index in [0.717, 1.165) is 0 Å². The molecular weight excluding hydrogens is 179 g/mol. The first-order valence-corrected chi connectivity index (χ1v) is 5.09. The van der Waals surface area contributed by atoms with Crippen molar-refractivity contribution in [1.82, 2.24) is 0 Å². The Labute approximate surface area is 64.8 Å². The molecule has 0 saturated heterocycles. The van der Waals surface area contributed by atoms with Crippen LogP contribution < -0.4 is 0 Å². The quantitative estimate of drug-likeness (QED) is 0.618. The van der Waals surface area contributed by atoms with Crippen LogP contribution in [0.2, 0.25) is 0 Å². The van der Waals surface area contributed by atoms with Crippen LogP contribution in [-0.4, -0.2) is 19.3 Å². The van der Waals surface area contributed by atoms with Crippen molar-refractivity contribution in [1.29, 1.82) is 0 Å². The molecule has 1 unspecified atom stereocenters. The summed E-state index contributed by atoms with van der Waals surface area (Å²) in [5.41, 5.74) is 0. The highest BCUT2D eigenvalue weighted by Crippen LogP contribution is 2.26. The maximum absolute atomic E-state index is 12.5. The van der Waals surface area contributed by atoms with Gasteiger partial charge in [0.2, 0.25) is 9.05 Å². The van der Waals surface area contributed by atoms with Gasteiger partial charge in [-0.2, -0.15) is 0 Å². The van der Waals surface area contributed by atoms with Gasteiger partial charge in [-0.05, 0) is 20.8 Å². The first-order valence-electron chi connectivity index (χ1n) is 2.78. The Hall–Kier alpha value is 0.170. The zero-order valence-electron chi connectivity index (χ0n) is 6.06. The van der Waals surface area contributed by atoms with Crippen LogP contribution >= 0.6 is 10.7 Å². The van der Waals surface area contributed by atoms with Gasteiger partial charge in [-0.1, -0.05) is 0 Å². The molecule has 0 aromatic heterocycles. The molecule has 0 radical (unpaired) electrons. The van der Waals surface area contributed by atoms with E-state index in [2.05, 4.69) is 0 Å². The van der Waals surface area contributed by atoms with Gasteiger partial charge in [0, 0.05) is 10.7 Å². The molecule has 0 N–H and O–H groups in total. The molecule has 0 rings (SSSR count). The summed E-state index contributed by atoms with van der Waals surface area (Å²) < 4.78 is 32.3. The number of alkyl halides is 1. The van der Waals surface area contributed by atoms with Crippen molar-refractivity contribution in [3.8, 4) is 0 Å². The summed E-state index contributed by atoms with van der Waals surface area (Å²) in [7, 11) is 1.15. The average Bonchev–Trinajstić information content (AvgIpc) is 1.62. The van der Waals surface area contributed by atoms with Crippen LogP contribution in [-0.2, 0) is 9.05 Å². The van der Waals surface area contributed by atoms with Crippen LogP contribution in [0.1, 0.15) is 20.8 Å². The zero-order valence-corrected chi connectivity index (χ0v) is 7.63. The SMILES string of the molecule is CC(F)C(C)(C)S(=O)(=O)Cl. The topological polar surface area (TPSA) is 34.1 Å². The second kappa shape index (κ2) is 2.66. The van der Waals surface area contributed by atoms with Gasteiger partial charge < -0.3 is 0 Å². The largest absolute Gasteiger partial charge is 0.246 e. The van der Waals surface area contributed by atoms with Gasteiger partial charge in [0.05, 0.1) is 0 Å². The minimum atomic E-state index is -3.80. The minimum absolute atomic E-state index is 1.17. The van der Waals surface area contributed by atoms with Crippen molar-refractivity contribution >= 4 is 19.7 Å². The lowest BCUT2D eigenvalue weighted by atomic mass is 10.1. The van der Waals surface area contributed by atoms with Crippen molar-refractivity contribution in [3.05, 3.63) is 0 Å². The lowest BCUT2D eigenvalue weighted by molar-refractivity contribution is 0.295. The van der Waals surface area contributed by atoms with Gasteiger partial charge in [-0.3, -0.25) is 0 Å². The van der Waals surface area contributed by atoms with Crippen molar-refractivity contribution < 1.29 is 12.8 Å². The van der Waals surface area contributed by atoms with Gasteiger partial charge in [-0.15, -0.1) is 0 Å². The van der Waals surface area contributed by atoms with Crippen LogP contribution in [0.4, 0.5) is 4.39 Å². The van der Waals surface area contributed by atoms with Gasteiger partial charge in [0.1, 0.15) is 10.9 Å². The first-order chi connectivity index (χ1) is 4.19. The number of halogens is 2. The molecule has 0 spiro atoms. The second-order valence-electron chi connectivity index (χ2n) is 2.66. The van der Waals surface area contributed by atoms with Crippen molar-refractivity contribution in [2.45, 2.75) is 31.7 Å². The number of hydrogen-bond donors (Lipinski definition) is 0. The third kappa shape index (κ3) is 1.83. The van der Waals surface area contributed by atoms with Crippen molar-refractivity contribution in [2.75, 3.05) is 0 Å². The molecule has 10 heavy (non-hydrogen) atoms. The van der Waals surface area contributed by atoms with Gasteiger partial charge in [0.15, 0.2) is 0 Å². The minimum Gasteiger partial charge on any atom is -0.246 e. The Balaban J connectivity index is 4.76. The summed E-state index contributed by atoms with van der Waals surface area (Å²) >= 11 is 0. The van der Waals surface area contributed by atoms with E-state index in [9.17, 15) is 12.8 Å². The Bertz CT molecular complexity index is 208. The van der Waals surface area contributed by atoms with E-state index in [1.165, 1.54) is 20.8 Å². The molecule has 0 heterocycles. The van der Waals surface area contributed by atoms with Crippen LogP contribution in [0.3, 0.4) is 0 Å². The highest BCUT2D eigenvalue weighted by atomic mass is 35.7. The Morgan fingerprint density at radius 2 is 1.80 bits per heavy atom. The van der Waals surface area contributed by atoms with Crippen molar-refractivity contribution in [2.24, 2.45) is 0 Å². The third-order valence-corrected chi connectivity index (χ3v) is 4.36. The van der Waals surface area contributed by atoms with Crippen LogP contribution in [0.25, 0.3) is 0 Å². The fourth-order valence-corrected chi connectivity index (χ4v) is 0.950. The lowest BCUT2D eigenvalue weighted by Gasteiger charge is -2.21. The van der Waals surface area contributed by atoms with Crippen molar-refractivity contribution in [3.63, 3.8) is 0 Å². The van der Waals surface area contributed by atoms with E-state index >= 15 is 0 Å². The molecule has 0 fully saturated rings. The van der Waals surface area contributed by atoms with Gasteiger partial charge >= 0.3 is 0 Å². The highest BCUT2D eigenvalue weighted by molar-refractivity contribution is 8.14. The Morgan fingerprint density at radius 3 is 1.80 bits per heavy atom. The summed E-state index contributed by atoms with van der Waals surface area (Å²) in [6.07, 6.45) is -1.46. The maximum atomic E-state index is 12.5. The summed E-state index contributed by atoms with van der Waals surface area (Å²) in [5, 5.41) is 0. The third-order valence-electron chi connectivity index (χ3n) is 1.59. The van der Waals surface area contributed by atoms with E-state index in [-0.39, 0.29) is 0 Å². The molecule has 62 valence electrons. The van der Waals surface area contributed by atoms with Gasteiger partial charge in [-0.25, -0.2) is 12.8 Å². The molecule has 0 aromatic rings. The average molecular weight is 189 g/mol. The van der Waals surface area contributed by atoms with E-state index in [4.69, 9.17) is 10.7 Å². The Morgan fingerprint density at radius 1 is 1.50 bits per heavy atom. The lowest BCUT2D eigenvalue weighted by Crippen LogP contribution is -2.36. The molecule has 0 saturated carbocycles. The van der Waals surface area contributed by atoms with Crippen LogP contribution in [0.15, 0.2) is 0 Å². The van der Waals surface area contributed by atoms with E-state index in [1.807, 2.05) is 0 Å². The van der Waals surface area contributed by atoms with Gasteiger partial charge in [0.25, 0.3) is 0 Å². The Kier molecular flexibility index (Phi) is 2.70. The normalized spacial score (nSPS) is 16.9. The molecule has 0 bridgehead atoms. The monoisotopic (exact) mass is 188 g/mol. The molecule has 5 heteroatoms. The predicted octanol–water partition coefficient (Wildman–Crippen LogP) is 1.69. The molecule has 1 atom stereocenters. The first kappa shape index (κ1) is 10.2. The molecule has 0 aliphatic carbocycles. The van der Waals surface area contributed by atoms with Crippen LogP contribution in [0.5, 0.6) is 0 Å². The summed E-state index contributed by atoms with van der Waals surface area (Å²) in [4.78, 5) is 0. The molecule has 0 aliphatic rings. The fourth-order valence-electron chi connectivity index (χ4n) is 0.194. The summed E-state index contributed by atoms with van der Waals surface area (Å²) in [6.45, 7) is 3.67. The molecule has 0 aromatic carbocycles. The van der Waals surface area contributed by atoms with E-state index in [1.54, 1.807) is 0 Å². The van der Waals surface area contributed by atoms with Crippen LogP contribution in [0, 0.1) is 0 Å². The maximum Gasteiger partial charge on any atom is 0.240 e.